The van der Waals surface area contributed by atoms with Crippen molar-refractivity contribution >= 4 is 48.4 Å². The second-order valence-corrected chi connectivity index (χ2v) is 11.6. The molecule has 0 bridgehead atoms. The van der Waals surface area contributed by atoms with Gasteiger partial charge >= 0.3 is 0 Å². The SMILES string of the molecule is CS(=O)(=NC1CC1)c1ccc2sc(C(=O)Nc3cc(-c4ccc(F)cc4)ccc3N)cc2c1. The molecule has 0 saturated heterocycles. The maximum absolute atomic E-state index is 13.2. The Morgan fingerprint density at radius 3 is 2.52 bits per heavy atom. The van der Waals surface area contributed by atoms with Crippen LogP contribution >= 0.6 is 11.3 Å². The highest BCUT2D eigenvalue weighted by Gasteiger charge is 2.23. The van der Waals surface area contributed by atoms with Crippen molar-refractivity contribution < 1.29 is 13.4 Å². The van der Waals surface area contributed by atoms with E-state index in [2.05, 4.69) is 9.68 Å². The highest BCUT2D eigenvalue weighted by atomic mass is 32.2. The van der Waals surface area contributed by atoms with Crippen molar-refractivity contribution in [3.8, 4) is 11.1 Å². The third-order valence-electron chi connectivity index (χ3n) is 5.53. The Kier molecular flexibility index (Phi) is 5.42. The molecule has 1 fully saturated rings. The smallest absolute Gasteiger partial charge is 0.265 e. The van der Waals surface area contributed by atoms with Crippen LogP contribution in [0.5, 0.6) is 0 Å². The number of anilines is 2. The molecule has 1 aromatic heterocycles. The zero-order chi connectivity index (χ0) is 23.2. The third-order valence-corrected chi connectivity index (χ3v) is 8.47. The molecular formula is C25H22FN3O2S2. The molecule has 3 N–H and O–H groups in total. The molecule has 1 amide bonds. The van der Waals surface area contributed by atoms with E-state index in [1.54, 1.807) is 36.6 Å². The van der Waals surface area contributed by atoms with E-state index in [1.807, 2.05) is 24.3 Å². The highest BCUT2D eigenvalue weighted by molar-refractivity contribution is 7.93. The predicted molar refractivity (Wildman–Crippen MR) is 134 cm³/mol. The topological polar surface area (TPSA) is 84.5 Å². The molecule has 3 aromatic carbocycles. The molecule has 33 heavy (non-hydrogen) atoms. The van der Waals surface area contributed by atoms with Gasteiger partial charge in [0.15, 0.2) is 0 Å². The van der Waals surface area contributed by atoms with Crippen molar-refractivity contribution in [1.29, 1.82) is 0 Å². The number of fused-ring (bicyclic) bond motifs is 1. The Bertz CT molecular complexity index is 1500. The molecule has 1 aliphatic carbocycles. The van der Waals surface area contributed by atoms with Gasteiger partial charge in [-0.2, -0.15) is 0 Å². The minimum Gasteiger partial charge on any atom is -0.397 e. The van der Waals surface area contributed by atoms with Gasteiger partial charge in [-0.05, 0) is 77.9 Å². The van der Waals surface area contributed by atoms with Gasteiger partial charge in [-0.3, -0.25) is 4.79 Å². The van der Waals surface area contributed by atoms with E-state index in [1.165, 1.54) is 23.5 Å². The molecule has 0 radical (unpaired) electrons. The fourth-order valence-electron chi connectivity index (χ4n) is 3.56. The molecular weight excluding hydrogens is 457 g/mol. The zero-order valence-corrected chi connectivity index (χ0v) is 19.5. The van der Waals surface area contributed by atoms with Crippen molar-refractivity contribution in [2.45, 2.75) is 23.8 Å². The van der Waals surface area contributed by atoms with Crippen molar-refractivity contribution in [1.82, 2.24) is 0 Å². The number of carbonyl (C=O) groups is 1. The van der Waals surface area contributed by atoms with E-state index in [0.717, 1.165) is 34.1 Å². The number of nitrogens with one attached hydrogen (secondary N) is 1. The summed E-state index contributed by atoms with van der Waals surface area (Å²) in [5.41, 5.74) is 8.65. The maximum atomic E-state index is 13.2. The van der Waals surface area contributed by atoms with Gasteiger partial charge < -0.3 is 11.1 Å². The zero-order valence-electron chi connectivity index (χ0n) is 17.9. The summed E-state index contributed by atoms with van der Waals surface area (Å²) in [5.74, 6) is -0.587. The first kappa shape index (κ1) is 21.6. The quantitative estimate of drug-likeness (QED) is 0.336. The Hall–Kier alpha value is -3.23. The summed E-state index contributed by atoms with van der Waals surface area (Å²) in [6.45, 7) is 0. The minimum absolute atomic E-state index is 0.207. The van der Waals surface area contributed by atoms with Crippen molar-refractivity contribution in [3.63, 3.8) is 0 Å². The van der Waals surface area contributed by atoms with Gasteiger partial charge in [0.2, 0.25) is 0 Å². The Morgan fingerprint density at radius 2 is 1.79 bits per heavy atom. The lowest BCUT2D eigenvalue weighted by Gasteiger charge is -2.10. The van der Waals surface area contributed by atoms with E-state index >= 15 is 0 Å². The first-order chi connectivity index (χ1) is 15.8. The second kappa shape index (κ2) is 8.28. The normalized spacial score (nSPS) is 15.2. The van der Waals surface area contributed by atoms with Crippen molar-refractivity contribution in [2.75, 3.05) is 17.3 Å². The number of hydrogen-bond donors (Lipinski definition) is 2. The van der Waals surface area contributed by atoms with Gasteiger partial charge in [0.05, 0.1) is 32.0 Å². The van der Waals surface area contributed by atoms with Crippen LogP contribution in [0.3, 0.4) is 0 Å². The fraction of sp³-hybridized carbons (Fsp3) is 0.160. The van der Waals surface area contributed by atoms with E-state index in [4.69, 9.17) is 5.73 Å². The van der Waals surface area contributed by atoms with Crippen LogP contribution in [0.2, 0.25) is 0 Å². The van der Waals surface area contributed by atoms with Gasteiger partial charge in [0.1, 0.15) is 5.82 Å². The van der Waals surface area contributed by atoms with Crippen LogP contribution in [0.15, 0.2) is 76.0 Å². The Morgan fingerprint density at radius 1 is 1.06 bits per heavy atom. The average molecular weight is 480 g/mol. The number of amides is 1. The predicted octanol–water partition coefficient (Wildman–Crippen LogP) is 6.16. The van der Waals surface area contributed by atoms with Crippen LogP contribution in [-0.2, 0) is 9.73 Å². The second-order valence-electron chi connectivity index (χ2n) is 8.21. The van der Waals surface area contributed by atoms with Crippen LogP contribution < -0.4 is 11.1 Å². The van der Waals surface area contributed by atoms with Crippen LogP contribution in [0.1, 0.15) is 22.5 Å². The van der Waals surface area contributed by atoms with Gasteiger partial charge in [-0.15, -0.1) is 11.3 Å². The number of hydrogen-bond acceptors (Lipinski definition) is 5. The molecule has 0 aliphatic heterocycles. The van der Waals surface area contributed by atoms with Crippen molar-refractivity contribution in [3.05, 3.63) is 77.4 Å². The molecule has 1 atom stereocenters. The molecule has 5 rings (SSSR count). The molecule has 1 saturated carbocycles. The molecule has 1 unspecified atom stereocenters. The maximum Gasteiger partial charge on any atom is 0.265 e. The third kappa shape index (κ3) is 4.62. The molecule has 0 spiro atoms. The summed E-state index contributed by atoms with van der Waals surface area (Å²) in [7, 11) is -2.45. The first-order valence-electron chi connectivity index (χ1n) is 10.5. The summed E-state index contributed by atoms with van der Waals surface area (Å²) >= 11 is 1.36. The van der Waals surface area contributed by atoms with E-state index in [9.17, 15) is 13.4 Å². The number of halogens is 1. The average Bonchev–Trinajstić information content (AvgIpc) is 3.48. The molecule has 5 nitrogen and oxygen atoms in total. The lowest BCUT2D eigenvalue weighted by atomic mass is 10.0. The molecule has 1 aliphatic rings. The summed E-state index contributed by atoms with van der Waals surface area (Å²) < 4.78 is 31.6. The van der Waals surface area contributed by atoms with E-state index < -0.39 is 9.73 Å². The van der Waals surface area contributed by atoms with Crippen molar-refractivity contribution in [2.24, 2.45) is 4.36 Å². The minimum atomic E-state index is -2.45. The molecule has 8 heteroatoms. The monoisotopic (exact) mass is 479 g/mol. The van der Waals surface area contributed by atoms with E-state index in [0.29, 0.717) is 21.1 Å². The fourth-order valence-corrected chi connectivity index (χ4v) is 6.07. The van der Waals surface area contributed by atoms with Gasteiger partial charge in [-0.25, -0.2) is 13.0 Å². The lowest BCUT2D eigenvalue weighted by Crippen LogP contribution is -2.11. The Labute approximate surface area is 195 Å². The molecule has 4 aromatic rings. The summed E-state index contributed by atoms with van der Waals surface area (Å²) in [5, 5.41) is 3.74. The summed E-state index contributed by atoms with van der Waals surface area (Å²) in [6.07, 6.45) is 3.67. The number of benzene rings is 3. The number of nitrogens with two attached hydrogens (primary N) is 1. The van der Waals surface area contributed by atoms with Crippen LogP contribution in [-0.4, -0.2) is 22.4 Å². The molecule has 168 valence electrons. The highest BCUT2D eigenvalue weighted by Crippen LogP contribution is 2.32. The van der Waals surface area contributed by atoms with Gasteiger partial charge in [-0.1, -0.05) is 18.2 Å². The van der Waals surface area contributed by atoms with Crippen LogP contribution in [0, 0.1) is 5.82 Å². The van der Waals surface area contributed by atoms with Crippen LogP contribution in [0.25, 0.3) is 21.2 Å². The molecule has 1 heterocycles. The number of nitrogens with zero attached hydrogens (tertiary/aromatic N) is 1. The number of nitrogen functional groups attached to an aromatic ring is 1. The first-order valence-corrected chi connectivity index (χ1v) is 13.2. The van der Waals surface area contributed by atoms with Crippen LogP contribution in [0.4, 0.5) is 15.8 Å². The summed E-state index contributed by atoms with van der Waals surface area (Å²) in [4.78, 5) is 14.2. The van der Waals surface area contributed by atoms with Gasteiger partial charge in [0, 0.05) is 15.9 Å². The number of carbonyl (C=O) groups excluding carboxylic acids is 1. The van der Waals surface area contributed by atoms with E-state index in [-0.39, 0.29) is 17.8 Å². The Balaban J connectivity index is 1.42. The summed E-state index contributed by atoms with van der Waals surface area (Å²) in [6, 6.07) is 19.0. The number of rotatable bonds is 5. The van der Waals surface area contributed by atoms with Gasteiger partial charge in [0.25, 0.3) is 5.91 Å². The standard InChI is InChI=1S/C25H22FN3O2S2/c1-33(31,29-19-7-8-19)20-9-11-23-17(12-20)14-24(32-23)25(30)28-22-13-16(4-10-21(22)27)15-2-5-18(26)6-3-15/h2-6,9-14,19H,7-8,27H2,1H3,(H,28,30). The largest absolute Gasteiger partial charge is 0.397 e. The lowest BCUT2D eigenvalue weighted by molar-refractivity contribution is 0.103. The number of thiophene rings is 1.